The summed E-state index contributed by atoms with van der Waals surface area (Å²) < 4.78 is 13.4. The van der Waals surface area contributed by atoms with Crippen molar-refractivity contribution in [3.63, 3.8) is 0 Å². The number of likely N-dealkylation sites (N-methyl/N-ethyl adjacent to an activating group) is 1. The Hall–Kier alpha value is -5.12. The molecular weight excluding hydrogens is 799 g/mol. The molecule has 16 heteroatoms. The summed E-state index contributed by atoms with van der Waals surface area (Å²) in [4.78, 5) is 98.4. The van der Waals surface area contributed by atoms with E-state index in [-0.39, 0.29) is 30.5 Å². The van der Waals surface area contributed by atoms with E-state index in [1.807, 2.05) is 65.0 Å². The minimum Gasteiger partial charge on any atom is -0.347 e. The highest BCUT2D eigenvalue weighted by Gasteiger charge is 2.44. The minimum absolute atomic E-state index is 0.0686. The Morgan fingerprint density at radius 2 is 1.49 bits per heavy atom. The van der Waals surface area contributed by atoms with Gasteiger partial charge in [0.1, 0.15) is 18.1 Å². The third-order valence-corrected chi connectivity index (χ3v) is 13.2. The Kier molecular flexibility index (Phi) is 17.6. The van der Waals surface area contributed by atoms with E-state index in [0.29, 0.717) is 42.6 Å². The maximum absolute atomic E-state index is 14.4. The Labute approximate surface area is 362 Å². The van der Waals surface area contributed by atoms with E-state index in [1.165, 1.54) is 9.80 Å². The van der Waals surface area contributed by atoms with Gasteiger partial charge in [0.2, 0.25) is 29.4 Å². The summed E-state index contributed by atoms with van der Waals surface area (Å²) >= 11 is 0. The molecule has 1 heterocycles. The molecule has 334 valence electrons. The van der Waals surface area contributed by atoms with E-state index in [9.17, 15) is 37.8 Å². The number of carbonyl (C=O) groups excluding carboxylic acids is 7. The Balaban J connectivity index is 1.43. The number of Topliss-reactive ketones (excluding diaryl/α,β-unsaturated/α-hetero) is 1. The molecule has 1 saturated heterocycles. The van der Waals surface area contributed by atoms with E-state index in [1.54, 1.807) is 44.4 Å². The van der Waals surface area contributed by atoms with Crippen LogP contribution in [0.2, 0.25) is 0 Å². The van der Waals surface area contributed by atoms with E-state index in [0.717, 1.165) is 19.3 Å². The largest absolute Gasteiger partial charge is 0.347 e. The van der Waals surface area contributed by atoms with Gasteiger partial charge in [-0.15, -0.1) is 0 Å². The molecule has 1 aliphatic carbocycles. The molecule has 2 aromatic rings. The van der Waals surface area contributed by atoms with Crippen molar-refractivity contribution in [3.05, 3.63) is 66.2 Å². The van der Waals surface area contributed by atoms with Gasteiger partial charge in [-0.3, -0.25) is 33.0 Å². The van der Waals surface area contributed by atoms with E-state index in [4.69, 9.17) is 0 Å². The fourth-order valence-corrected chi connectivity index (χ4v) is 9.33. The van der Waals surface area contributed by atoms with Crippen LogP contribution in [0.5, 0.6) is 0 Å². The SMILES string of the molecule is CCC(C)CC(NC(=O)[C@@H]1CCCN1C(=O)C(NC(=O)NC1(CS(=O)c2ccccc2)CCCCC1)C(C)(C)C)C(=O)C(=O)NCC(=O)N[C@H](C(=O)N(C)C)c1ccccc1. The minimum atomic E-state index is -1.36. The van der Waals surface area contributed by atoms with Crippen LogP contribution in [0.3, 0.4) is 0 Å². The summed E-state index contributed by atoms with van der Waals surface area (Å²) in [6.07, 6.45) is 5.63. The monoisotopic (exact) mass is 863 g/mol. The number of hydrogen-bond acceptors (Lipinski definition) is 8. The molecule has 61 heavy (non-hydrogen) atoms. The number of benzene rings is 2. The summed E-state index contributed by atoms with van der Waals surface area (Å²) in [6.45, 7) is 8.92. The number of hydrogen-bond donors (Lipinski definition) is 5. The molecule has 0 radical (unpaired) electrons. The number of amides is 7. The first-order valence-corrected chi connectivity index (χ1v) is 22.7. The quantitative estimate of drug-likeness (QED) is 0.139. The highest BCUT2D eigenvalue weighted by Crippen LogP contribution is 2.31. The molecule has 2 aromatic carbocycles. The van der Waals surface area contributed by atoms with Crippen molar-refractivity contribution in [1.82, 2.24) is 36.4 Å². The molecule has 15 nitrogen and oxygen atoms in total. The molecular formula is C45H65N7O8S. The lowest BCUT2D eigenvalue weighted by molar-refractivity contribution is -0.144. The topological polar surface area (TPSA) is 203 Å². The van der Waals surface area contributed by atoms with Crippen molar-refractivity contribution in [3.8, 4) is 0 Å². The first kappa shape index (κ1) is 48.5. The Bertz CT molecular complexity index is 1880. The van der Waals surface area contributed by atoms with Gasteiger partial charge in [0.15, 0.2) is 0 Å². The van der Waals surface area contributed by atoms with E-state index >= 15 is 0 Å². The van der Waals surface area contributed by atoms with Crippen LogP contribution in [-0.2, 0) is 39.6 Å². The first-order valence-electron chi connectivity index (χ1n) is 21.4. The van der Waals surface area contributed by atoms with Gasteiger partial charge in [0, 0.05) is 25.5 Å². The zero-order valence-electron chi connectivity index (χ0n) is 36.7. The normalized spacial score (nSPS) is 18.6. The molecule has 0 bridgehead atoms. The lowest BCUT2D eigenvalue weighted by Crippen LogP contribution is -2.63. The molecule has 4 unspecified atom stereocenters. The molecule has 1 aliphatic heterocycles. The zero-order valence-corrected chi connectivity index (χ0v) is 37.5. The summed E-state index contributed by atoms with van der Waals surface area (Å²) in [5, 5.41) is 13.7. The van der Waals surface area contributed by atoms with Crippen molar-refractivity contribution < 1.29 is 37.8 Å². The van der Waals surface area contributed by atoms with Crippen molar-refractivity contribution in [1.29, 1.82) is 0 Å². The molecule has 7 amide bonds. The van der Waals surface area contributed by atoms with E-state index < -0.39 is 87.9 Å². The first-order chi connectivity index (χ1) is 28.9. The lowest BCUT2D eigenvalue weighted by Gasteiger charge is -2.40. The highest BCUT2D eigenvalue weighted by atomic mass is 32.2. The smallest absolute Gasteiger partial charge is 0.315 e. The van der Waals surface area contributed by atoms with Gasteiger partial charge in [0.25, 0.3) is 5.91 Å². The van der Waals surface area contributed by atoms with Crippen molar-refractivity contribution >= 4 is 52.1 Å². The van der Waals surface area contributed by atoms with Gasteiger partial charge in [-0.1, -0.05) is 109 Å². The number of likely N-dealkylation sites (tertiary alicyclic amines) is 1. The second-order valence-corrected chi connectivity index (χ2v) is 19.2. The predicted octanol–water partition coefficient (Wildman–Crippen LogP) is 3.75. The van der Waals surface area contributed by atoms with Crippen LogP contribution in [0, 0.1) is 11.3 Å². The van der Waals surface area contributed by atoms with Crippen molar-refractivity contribution in [2.75, 3.05) is 32.9 Å². The maximum Gasteiger partial charge on any atom is 0.315 e. The van der Waals surface area contributed by atoms with Gasteiger partial charge in [0.05, 0.1) is 34.7 Å². The summed E-state index contributed by atoms with van der Waals surface area (Å²) in [6, 6.07) is 12.9. The third-order valence-electron chi connectivity index (χ3n) is 11.6. The molecule has 0 spiro atoms. The summed E-state index contributed by atoms with van der Waals surface area (Å²) in [5.74, 6) is -4.00. The molecule has 2 fully saturated rings. The number of nitrogens with zero attached hydrogens (tertiary/aromatic N) is 2. The third kappa shape index (κ3) is 13.7. The van der Waals surface area contributed by atoms with Crippen LogP contribution >= 0.6 is 0 Å². The molecule has 0 aromatic heterocycles. The van der Waals surface area contributed by atoms with Gasteiger partial charge < -0.3 is 36.4 Å². The predicted molar refractivity (Wildman–Crippen MR) is 233 cm³/mol. The number of urea groups is 1. The molecule has 2 aliphatic rings. The fraction of sp³-hybridized carbons (Fsp3) is 0.578. The summed E-state index contributed by atoms with van der Waals surface area (Å²) in [5.41, 5.74) is -0.958. The summed E-state index contributed by atoms with van der Waals surface area (Å²) in [7, 11) is 1.76. The Morgan fingerprint density at radius 3 is 2.08 bits per heavy atom. The van der Waals surface area contributed by atoms with Gasteiger partial charge in [-0.05, 0) is 61.1 Å². The average Bonchev–Trinajstić information content (AvgIpc) is 3.74. The van der Waals surface area contributed by atoms with Crippen molar-refractivity contribution in [2.24, 2.45) is 11.3 Å². The maximum atomic E-state index is 14.4. The second kappa shape index (κ2) is 22.1. The van der Waals surface area contributed by atoms with Crippen LogP contribution in [-0.4, -0.2) is 112 Å². The zero-order chi connectivity index (χ0) is 44.9. The molecule has 6 atom stereocenters. The Morgan fingerprint density at radius 1 is 0.869 bits per heavy atom. The van der Waals surface area contributed by atoms with Crippen LogP contribution < -0.4 is 26.6 Å². The number of carbonyl (C=O) groups is 7. The highest BCUT2D eigenvalue weighted by molar-refractivity contribution is 7.85. The lowest BCUT2D eigenvalue weighted by atomic mass is 9.83. The standard InChI is InChI=1S/C45H65N7O8S/c1-8-30(2)27-33(37(54)40(56)46-28-35(53)48-36(41(57)51(6)7)31-19-12-9-13-20-31)47-39(55)34-23-18-26-52(34)42(58)38(44(3,4)5)49-43(59)50-45(24-16-11-17-25-45)29-61(60)32-21-14-10-15-22-32/h9-10,12-15,19-22,30,33-34,36,38H,8,11,16-18,23-29H2,1-7H3,(H,46,56)(H,47,55)(H,48,53)(H2,49,50,59)/t30?,33?,34-,36-,38?,61?/m0/s1. The second-order valence-electron chi connectivity index (χ2n) is 17.7. The fourth-order valence-electron chi connectivity index (χ4n) is 7.84. The average molecular weight is 864 g/mol. The number of ketones is 1. The molecule has 4 rings (SSSR count). The molecule has 1 saturated carbocycles. The van der Waals surface area contributed by atoms with Crippen LogP contribution in [0.25, 0.3) is 0 Å². The number of rotatable bonds is 18. The molecule has 5 N–H and O–H groups in total. The van der Waals surface area contributed by atoms with Crippen LogP contribution in [0.15, 0.2) is 65.6 Å². The van der Waals surface area contributed by atoms with Crippen LogP contribution in [0.1, 0.15) is 104 Å². The van der Waals surface area contributed by atoms with Crippen molar-refractivity contribution in [2.45, 2.75) is 127 Å². The van der Waals surface area contributed by atoms with Gasteiger partial charge in [-0.2, -0.15) is 0 Å². The van der Waals surface area contributed by atoms with Gasteiger partial charge in [-0.25, -0.2) is 4.79 Å². The van der Waals surface area contributed by atoms with E-state index in [2.05, 4.69) is 26.6 Å². The number of nitrogens with one attached hydrogen (secondary N) is 5. The van der Waals surface area contributed by atoms with Crippen LogP contribution in [0.4, 0.5) is 4.79 Å². The van der Waals surface area contributed by atoms with Gasteiger partial charge >= 0.3 is 6.03 Å².